The minimum Gasteiger partial charge on any atom is -0.444 e. The molecule has 0 aliphatic carbocycles. The molecule has 0 bridgehead atoms. The number of hydrogen-bond donors (Lipinski definition) is 2. The predicted octanol–water partition coefficient (Wildman–Crippen LogP) is 4.01. The van der Waals surface area contributed by atoms with Crippen molar-refractivity contribution in [2.24, 2.45) is 0 Å². The van der Waals surface area contributed by atoms with E-state index >= 15 is 0 Å². The lowest BCUT2D eigenvalue weighted by Crippen LogP contribution is -2.27. The van der Waals surface area contributed by atoms with Gasteiger partial charge in [0.05, 0.1) is 11.9 Å². The Bertz CT molecular complexity index is 969. The summed E-state index contributed by atoms with van der Waals surface area (Å²) in [6.07, 6.45) is 0.855. The van der Waals surface area contributed by atoms with E-state index in [4.69, 9.17) is 16.3 Å². The highest BCUT2D eigenvalue weighted by molar-refractivity contribution is 6.29. The Morgan fingerprint density at radius 2 is 2.04 bits per heavy atom. The van der Waals surface area contributed by atoms with Crippen LogP contribution in [0.25, 0.3) is 5.65 Å². The molecule has 0 spiro atoms. The molecule has 0 radical (unpaired) electrons. The number of hydrogen-bond acceptors (Lipinski definition) is 6. The van der Waals surface area contributed by atoms with Gasteiger partial charge < -0.3 is 10.1 Å². The molecule has 3 heterocycles. The summed E-state index contributed by atoms with van der Waals surface area (Å²) in [6, 6.07) is 5.73. The maximum Gasteiger partial charge on any atom is 0.412 e. The van der Waals surface area contributed by atoms with Crippen LogP contribution < -0.4 is 10.6 Å². The Balaban J connectivity index is 1.85. The lowest BCUT2D eigenvalue weighted by molar-refractivity contribution is 0.0636. The SMILES string of the molecule is CC(C)(C)OC(=O)Nc1cc(F)nc(Nc2cc(Cl)nc3ccnn23)c1. The third-order valence-corrected chi connectivity index (χ3v) is 3.22. The first kappa shape index (κ1) is 17.9. The normalized spacial score (nSPS) is 11.4. The van der Waals surface area contributed by atoms with E-state index in [2.05, 4.69) is 25.7 Å². The van der Waals surface area contributed by atoms with Crippen LogP contribution in [0.15, 0.2) is 30.5 Å². The molecule has 0 saturated carbocycles. The van der Waals surface area contributed by atoms with Crippen LogP contribution in [0.4, 0.5) is 26.5 Å². The molecule has 0 saturated heterocycles. The Hall–Kier alpha value is -2.94. The molecular formula is C16H16ClFN6O2. The van der Waals surface area contributed by atoms with E-state index in [0.717, 1.165) is 6.07 Å². The zero-order chi connectivity index (χ0) is 18.9. The molecule has 0 aliphatic rings. The van der Waals surface area contributed by atoms with Gasteiger partial charge in [0, 0.05) is 24.3 Å². The molecule has 3 rings (SSSR count). The van der Waals surface area contributed by atoms with Gasteiger partial charge >= 0.3 is 6.09 Å². The average Bonchev–Trinajstić information content (AvgIpc) is 2.92. The molecule has 136 valence electrons. The number of carbonyl (C=O) groups excluding carboxylic acids is 1. The first-order valence-corrected chi connectivity index (χ1v) is 8.02. The number of rotatable bonds is 3. The molecule has 0 aliphatic heterocycles. The van der Waals surface area contributed by atoms with E-state index < -0.39 is 17.6 Å². The Kier molecular flexibility index (Phi) is 4.64. The van der Waals surface area contributed by atoms with Crippen molar-refractivity contribution in [1.82, 2.24) is 19.6 Å². The van der Waals surface area contributed by atoms with Crippen LogP contribution >= 0.6 is 11.6 Å². The number of ether oxygens (including phenoxy) is 1. The fourth-order valence-electron chi connectivity index (χ4n) is 2.16. The summed E-state index contributed by atoms with van der Waals surface area (Å²) in [4.78, 5) is 19.7. The van der Waals surface area contributed by atoms with Gasteiger partial charge in [-0.05, 0) is 20.8 Å². The number of carbonyl (C=O) groups is 1. The Morgan fingerprint density at radius 1 is 1.27 bits per heavy atom. The van der Waals surface area contributed by atoms with Gasteiger partial charge in [-0.3, -0.25) is 5.32 Å². The van der Waals surface area contributed by atoms with Crippen molar-refractivity contribution in [3.63, 3.8) is 0 Å². The first-order valence-electron chi connectivity index (χ1n) is 7.64. The van der Waals surface area contributed by atoms with Crippen LogP contribution in [0.1, 0.15) is 20.8 Å². The van der Waals surface area contributed by atoms with Crippen molar-refractivity contribution >= 4 is 40.7 Å². The van der Waals surface area contributed by atoms with E-state index in [1.807, 2.05) is 0 Å². The fraction of sp³-hybridized carbons (Fsp3) is 0.250. The van der Waals surface area contributed by atoms with Gasteiger partial charge in [0.25, 0.3) is 0 Å². The van der Waals surface area contributed by atoms with Crippen molar-refractivity contribution in [3.8, 4) is 0 Å². The van der Waals surface area contributed by atoms with E-state index in [1.165, 1.54) is 16.6 Å². The summed E-state index contributed by atoms with van der Waals surface area (Å²) in [5.74, 6) is -0.195. The molecule has 0 unspecified atom stereocenters. The Morgan fingerprint density at radius 3 is 2.77 bits per heavy atom. The van der Waals surface area contributed by atoms with E-state index in [0.29, 0.717) is 11.5 Å². The van der Waals surface area contributed by atoms with Crippen LogP contribution in [0.2, 0.25) is 5.15 Å². The van der Waals surface area contributed by atoms with Crippen LogP contribution in [0.5, 0.6) is 0 Å². The van der Waals surface area contributed by atoms with Crippen molar-refractivity contribution in [2.45, 2.75) is 26.4 Å². The molecule has 2 N–H and O–H groups in total. The topological polar surface area (TPSA) is 93.4 Å². The summed E-state index contributed by atoms with van der Waals surface area (Å²) >= 11 is 5.98. The molecule has 26 heavy (non-hydrogen) atoms. The number of nitrogens with one attached hydrogen (secondary N) is 2. The lowest BCUT2D eigenvalue weighted by Gasteiger charge is -2.19. The Labute approximate surface area is 153 Å². The summed E-state index contributed by atoms with van der Waals surface area (Å²) in [5, 5.41) is 9.73. The predicted molar refractivity (Wildman–Crippen MR) is 95.3 cm³/mol. The minimum atomic E-state index is -0.780. The van der Waals surface area contributed by atoms with Crippen LogP contribution in [0.3, 0.4) is 0 Å². The minimum absolute atomic E-state index is 0.148. The molecule has 1 amide bonds. The molecule has 3 aromatic heterocycles. The van der Waals surface area contributed by atoms with Gasteiger partial charge in [-0.25, -0.2) is 14.8 Å². The number of anilines is 3. The largest absolute Gasteiger partial charge is 0.444 e. The highest BCUT2D eigenvalue weighted by atomic mass is 35.5. The molecular weight excluding hydrogens is 363 g/mol. The first-order chi connectivity index (χ1) is 12.2. The molecule has 0 atom stereocenters. The lowest BCUT2D eigenvalue weighted by atomic mass is 10.2. The highest BCUT2D eigenvalue weighted by Gasteiger charge is 2.17. The van der Waals surface area contributed by atoms with Gasteiger partial charge in [-0.2, -0.15) is 14.0 Å². The number of pyridine rings is 1. The smallest absolute Gasteiger partial charge is 0.412 e. The number of nitrogens with zero attached hydrogens (tertiary/aromatic N) is 4. The molecule has 8 nitrogen and oxygen atoms in total. The van der Waals surface area contributed by atoms with E-state index in [1.54, 1.807) is 33.0 Å². The quantitative estimate of drug-likeness (QED) is 0.528. The van der Waals surface area contributed by atoms with Crippen LogP contribution in [0, 0.1) is 5.95 Å². The average molecular weight is 379 g/mol. The van der Waals surface area contributed by atoms with Gasteiger partial charge in [0.1, 0.15) is 22.4 Å². The highest BCUT2D eigenvalue weighted by Crippen LogP contribution is 2.22. The summed E-state index contributed by atoms with van der Waals surface area (Å²) in [5.41, 5.74) is 0.0329. The van der Waals surface area contributed by atoms with E-state index in [-0.39, 0.29) is 16.7 Å². The summed E-state index contributed by atoms with van der Waals surface area (Å²) in [7, 11) is 0. The summed E-state index contributed by atoms with van der Waals surface area (Å²) in [6.45, 7) is 5.19. The van der Waals surface area contributed by atoms with Gasteiger partial charge in [-0.1, -0.05) is 11.6 Å². The second-order valence-corrected chi connectivity index (χ2v) is 6.77. The number of amides is 1. The zero-order valence-corrected chi connectivity index (χ0v) is 15.0. The third kappa shape index (κ3) is 4.37. The maximum atomic E-state index is 13.8. The standard InChI is InChI=1S/C16H16ClFN6O2/c1-16(2,3)26-15(25)20-9-6-11(18)22-12(7-9)23-14-8-10(17)21-13-4-5-19-24(13)14/h4-8H,1-3H3,(H2,20,22,23,25). The van der Waals surface area contributed by atoms with Crippen molar-refractivity contribution < 1.29 is 13.9 Å². The number of fused-ring (bicyclic) bond motifs is 1. The second-order valence-electron chi connectivity index (χ2n) is 6.38. The van der Waals surface area contributed by atoms with Crippen LogP contribution in [-0.2, 0) is 4.74 Å². The van der Waals surface area contributed by atoms with Crippen molar-refractivity contribution in [3.05, 3.63) is 41.6 Å². The monoisotopic (exact) mass is 378 g/mol. The van der Waals surface area contributed by atoms with Crippen molar-refractivity contribution in [1.29, 1.82) is 0 Å². The second kappa shape index (κ2) is 6.75. The van der Waals surface area contributed by atoms with Crippen LogP contribution in [-0.4, -0.2) is 31.3 Å². The number of halogens is 2. The molecule has 3 aromatic rings. The van der Waals surface area contributed by atoms with E-state index in [9.17, 15) is 9.18 Å². The van der Waals surface area contributed by atoms with Crippen molar-refractivity contribution in [2.75, 3.05) is 10.6 Å². The summed E-state index contributed by atoms with van der Waals surface area (Å²) < 4.78 is 20.5. The van der Waals surface area contributed by atoms with Gasteiger partial charge in [-0.15, -0.1) is 0 Å². The molecule has 0 fully saturated rings. The third-order valence-electron chi connectivity index (χ3n) is 3.02. The van der Waals surface area contributed by atoms with Gasteiger partial charge in [0.15, 0.2) is 5.65 Å². The maximum absolute atomic E-state index is 13.8. The zero-order valence-electron chi connectivity index (χ0n) is 14.2. The molecule has 0 aromatic carbocycles. The fourth-order valence-corrected chi connectivity index (χ4v) is 2.35. The van der Waals surface area contributed by atoms with Gasteiger partial charge in [0.2, 0.25) is 5.95 Å². The number of aromatic nitrogens is 4. The molecule has 10 heteroatoms.